The molecule has 0 atom stereocenters. The van der Waals surface area contributed by atoms with E-state index in [0.29, 0.717) is 13.0 Å². The van der Waals surface area contributed by atoms with Gasteiger partial charge in [-0.05, 0) is 11.8 Å². The van der Waals surface area contributed by atoms with Crippen LogP contribution >= 0.6 is 0 Å². The normalized spacial score (nSPS) is 18.4. The Morgan fingerprint density at radius 1 is 1.50 bits per heavy atom. The number of carbonyl (C=O) groups is 1. The van der Waals surface area contributed by atoms with Gasteiger partial charge in [-0.15, -0.1) is 0 Å². The van der Waals surface area contributed by atoms with Gasteiger partial charge in [0.05, 0.1) is 13.2 Å². The van der Waals surface area contributed by atoms with Gasteiger partial charge in [0.15, 0.2) is 0 Å². The molecule has 1 fully saturated rings. The molecule has 0 bridgehead atoms. The predicted molar refractivity (Wildman–Crippen MR) is 46.4 cm³/mol. The minimum absolute atomic E-state index is 0.0586. The van der Waals surface area contributed by atoms with Gasteiger partial charge >= 0.3 is 0 Å². The van der Waals surface area contributed by atoms with Gasteiger partial charge in [-0.2, -0.15) is 0 Å². The third-order valence-electron chi connectivity index (χ3n) is 1.71. The highest BCUT2D eigenvalue weighted by Gasteiger charge is 2.24. The van der Waals surface area contributed by atoms with Crippen LogP contribution in [0.25, 0.3) is 0 Å². The Morgan fingerprint density at radius 3 is 2.58 bits per heavy atom. The van der Waals surface area contributed by atoms with Gasteiger partial charge in [-0.25, -0.2) is 5.06 Å². The van der Waals surface area contributed by atoms with E-state index in [1.807, 2.05) is 0 Å². The molecule has 70 valence electrons. The molecule has 0 aromatic rings. The maximum atomic E-state index is 11.5. The summed E-state index contributed by atoms with van der Waals surface area (Å²) in [7, 11) is 0. The van der Waals surface area contributed by atoms with Crippen LogP contribution in [0.4, 0.5) is 0 Å². The lowest BCUT2D eigenvalue weighted by Gasteiger charge is -2.21. The first-order valence-corrected chi connectivity index (χ1v) is 4.42. The molecule has 0 saturated carbocycles. The number of rotatable bonds is 1. The Balaban J connectivity index is 2.37. The molecule has 0 radical (unpaired) electrons. The van der Waals surface area contributed by atoms with Crippen molar-refractivity contribution in [2.75, 3.05) is 13.2 Å². The van der Waals surface area contributed by atoms with Crippen molar-refractivity contribution < 1.29 is 9.63 Å². The molecule has 1 rings (SSSR count). The van der Waals surface area contributed by atoms with Gasteiger partial charge in [-0.1, -0.05) is 20.8 Å². The third-order valence-corrected chi connectivity index (χ3v) is 1.71. The highest BCUT2D eigenvalue weighted by atomic mass is 16.7. The number of hydrogen-bond acceptors (Lipinski definition) is 2. The van der Waals surface area contributed by atoms with Crippen LogP contribution in [0.5, 0.6) is 0 Å². The molecule has 1 aliphatic rings. The molecular formula is C9H17NO2. The van der Waals surface area contributed by atoms with E-state index in [1.165, 1.54) is 5.06 Å². The van der Waals surface area contributed by atoms with Crippen molar-refractivity contribution in [1.82, 2.24) is 5.06 Å². The topological polar surface area (TPSA) is 29.5 Å². The molecule has 0 spiro atoms. The van der Waals surface area contributed by atoms with Gasteiger partial charge in [0, 0.05) is 6.42 Å². The van der Waals surface area contributed by atoms with E-state index in [1.54, 1.807) is 0 Å². The van der Waals surface area contributed by atoms with Crippen LogP contribution in [0.2, 0.25) is 0 Å². The quantitative estimate of drug-likeness (QED) is 0.599. The summed E-state index contributed by atoms with van der Waals surface area (Å²) in [4.78, 5) is 16.6. The van der Waals surface area contributed by atoms with Gasteiger partial charge in [0.1, 0.15) is 0 Å². The van der Waals surface area contributed by atoms with Gasteiger partial charge in [0.2, 0.25) is 5.91 Å². The van der Waals surface area contributed by atoms with E-state index in [4.69, 9.17) is 4.84 Å². The minimum Gasteiger partial charge on any atom is -0.273 e. The largest absolute Gasteiger partial charge is 0.273 e. The molecule has 0 aromatic heterocycles. The zero-order valence-electron chi connectivity index (χ0n) is 8.09. The summed E-state index contributed by atoms with van der Waals surface area (Å²) >= 11 is 0. The molecule has 1 saturated heterocycles. The van der Waals surface area contributed by atoms with Crippen molar-refractivity contribution in [2.45, 2.75) is 33.6 Å². The van der Waals surface area contributed by atoms with Crippen LogP contribution in [-0.4, -0.2) is 24.1 Å². The molecule has 0 unspecified atom stereocenters. The number of hydrogen-bond donors (Lipinski definition) is 0. The van der Waals surface area contributed by atoms with Crippen molar-refractivity contribution in [2.24, 2.45) is 5.41 Å². The van der Waals surface area contributed by atoms with Gasteiger partial charge in [0.25, 0.3) is 0 Å². The van der Waals surface area contributed by atoms with Crippen LogP contribution in [0.15, 0.2) is 0 Å². The number of carbonyl (C=O) groups excluding carboxylic acids is 1. The fourth-order valence-corrected chi connectivity index (χ4v) is 1.19. The van der Waals surface area contributed by atoms with Crippen LogP contribution in [0, 0.1) is 5.41 Å². The number of amides is 1. The van der Waals surface area contributed by atoms with E-state index < -0.39 is 0 Å². The molecule has 1 aliphatic heterocycles. The number of hydroxylamine groups is 2. The van der Waals surface area contributed by atoms with Crippen LogP contribution < -0.4 is 0 Å². The second-order valence-electron chi connectivity index (χ2n) is 4.42. The molecule has 0 aliphatic carbocycles. The van der Waals surface area contributed by atoms with Gasteiger partial charge < -0.3 is 0 Å². The van der Waals surface area contributed by atoms with Crippen molar-refractivity contribution in [3.63, 3.8) is 0 Å². The van der Waals surface area contributed by atoms with Crippen LogP contribution in [0.1, 0.15) is 33.6 Å². The summed E-state index contributed by atoms with van der Waals surface area (Å²) in [5.41, 5.74) is 0.0586. The second kappa shape index (κ2) is 3.44. The van der Waals surface area contributed by atoms with Gasteiger partial charge in [-0.3, -0.25) is 9.63 Å². The Hall–Kier alpha value is -0.570. The second-order valence-corrected chi connectivity index (χ2v) is 4.42. The maximum Gasteiger partial charge on any atom is 0.246 e. The minimum atomic E-state index is 0.0586. The first-order chi connectivity index (χ1) is 5.49. The molecule has 3 nitrogen and oxygen atoms in total. The summed E-state index contributed by atoms with van der Waals surface area (Å²) in [5.74, 6) is 0.111. The van der Waals surface area contributed by atoms with Crippen molar-refractivity contribution >= 4 is 5.91 Å². The lowest BCUT2D eigenvalue weighted by atomic mass is 9.92. The Kier molecular flexibility index (Phi) is 2.73. The summed E-state index contributed by atoms with van der Waals surface area (Å²) in [6.45, 7) is 7.62. The first-order valence-electron chi connectivity index (χ1n) is 4.42. The van der Waals surface area contributed by atoms with E-state index >= 15 is 0 Å². The van der Waals surface area contributed by atoms with E-state index in [2.05, 4.69) is 20.8 Å². The fourth-order valence-electron chi connectivity index (χ4n) is 1.19. The Morgan fingerprint density at radius 2 is 2.17 bits per heavy atom. The standard InChI is InChI=1S/C9H17NO2/c1-9(2,3)7-8(11)10-5-4-6-12-10/h4-7H2,1-3H3. The monoisotopic (exact) mass is 171 g/mol. The molecule has 3 heteroatoms. The van der Waals surface area contributed by atoms with Crippen molar-refractivity contribution in [3.05, 3.63) is 0 Å². The molecule has 12 heavy (non-hydrogen) atoms. The zero-order chi connectivity index (χ0) is 9.19. The lowest BCUT2D eigenvalue weighted by Crippen LogP contribution is -2.29. The average molecular weight is 171 g/mol. The lowest BCUT2D eigenvalue weighted by molar-refractivity contribution is -0.170. The SMILES string of the molecule is CC(C)(C)CC(=O)N1CCCO1. The molecule has 0 aromatic carbocycles. The summed E-state index contributed by atoms with van der Waals surface area (Å²) in [5, 5.41) is 1.49. The van der Waals surface area contributed by atoms with Crippen molar-refractivity contribution in [1.29, 1.82) is 0 Å². The highest BCUT2D eigenvalue weighted by molar-refractivity contribution is 5.75. The molecule has 1 amide bonds. The van der Waals surface area contributed by atoms with Crippen LogP contribution in [-0.2, 0) is 9.63 Å². The predicted octanol–water partition coefficient (Wildman–Crippen LogP) is 1.59. The van der Waals surface area contributed by atoms with Crippen LogP contribution in [0.3, 0.4) is 0 Å². The number of nitrogens with zero attached hydrogens (tertiary/aromatic N) is 1. The Bertz CT molecular complexity index is 166. The van der Waals surface area contributed by atoms with E-state index in [9.17, 15) is 4.79 Å². The average Bonchev–Trinajstić information content (AvgIpc) is 2.32. The molecule has 1 heterocycles. The molecular weight excluding hydrogens is 154 g/mol. The molecule has 0 N–H and O–H groups in total. The first kappa shape index (κ1) is 9.52. The van der Waals surface area contributed by atoms with Crippen molar-refractivity contribution in [3.8, 4) is 0 Å². The smallest absolute Gasteiger partial charge is 0.246 e. The fraction of sp³-hybridized carbons (Fsp3) is 0.889. The summed E-state index contributed by atoms with van der Waals surface area (Å²) in [6.07, 6.45) is 1.53. The van der Waals surface area contributed by atoms with E-state index in [0.717, 1.165) is 13.0 Å². The highest BCUT2D eigenvalue weighted by Crippen LogP contribution is 2.20. The summed E-state index contributed by atoms with van der Waals surface area (Å²) in [6, 6.07) is 0. The summed E-state index contributed by atoms with van der Waals surface area (Å²) < 4.78 is 0. The van der Waals surface area contributed by atoms with E-state index in [-0.39, 0.29) is 11.3 Å². The Labute approximate surface area is 73.6 Å². The zero-order valence-corrected chi connectivity index (χ0v) is 8.09. The maximum absolute atomic E-state index is 11.5. The third kappa shape index (κ3) is 2.81.